The van der Waals surface area contributed by atoms with Crippen molar-refractivity contribution in [1.29, 1.82) is 0 Å². The van der Waals surface area contributed by atoms with E-state index in [4.69, 9.17) is 4.74 Å². The van der Waals surface area contributed by atoms with Crippen molar-refractivity contribution < 1.29 is 9.53 Å². The molecule has 1 aromatic carbocycles. The Morgan fingerprint density at radius 1 is 1.25 bits per heavy atom. The van der Waals surface area contributed by atoms with Crippen LogP contribution in [0, 0.1) is 5.92 Å². The Balaban J connectivity index is 2.48. The van der Waals surface area contributed by atoms with Crippen LogP contribution in [0.2, 0.25) is 0 Å². The van der Waals surface area contributed by atoms with E-state index in [0.29, 0.717) is 29.9 Å². The number of ether oxygens (including phenoxy) is 1. The molecule has 2 N–H and O–H groups in total. The molecular formula is C16H26N2O2. The molecule has 0 saturated heterocycles. The molecule has 0 radical (unpaired) electrons. The van der Waals surface area contributed by atoms with Gasteiger partial charge in [-0.15, -0.1) is 0 Å². The van der Waals surface area contributed by atoms with Crippen molar-refractivity contribution >= 4 is 11.6 Å². The van der Waals surface area contributed by atoms with Crippen molar-refractivity contribution in [3.63, 3.8) is 0 Å². The summed E-state index contributed by atoms with van der Waals surface area (Å²) in [5, 5.41) is 6.15. The fourth-order valence-corrected chi connectivity index (χ4v) is 2.36. The van der Waals surface area contributed by atoms with Crippen LogP contribution in [0.5, 0.6) is 5.75 Å². The van der Waals surface area contributed by atoms with Crippen molar-refractivity contribution in [1.82, 2.24) is 5.32 Å². The molecule has 0 aliphatic carbocycles. The first-order valence-electron chi connectivity index (χ1n) is 7.28. The summed E-state index contributed by atoms with van der Waals surface area (Å²) < 4.78 is 5.21. The fraction of sp³-hybridized carbons (Fsp3) is 0.562. The molecule has 1 aromatic rings. The second-order valence-corrected chi connectivity index (χ2v) is 4.99. The van der Waals surface area contributed by atoms with Gasteiger partial charge in [-0.25, -0.2) is 0 Å². The van der Waals surface area contributed by atoms with Gasteiger partial charge in [-0.05, 0) is 25.0 Å². The maximum absolute atomic E-state index is 12.0. The number of hydrogen-bond donors (Lipinski definition) is 2. The molecule has 0 saturated carbocycles. The van der Waals surface area contributed by atoms with E-state index in [9.17, 15) is 4.79 Å². The van der Waals surface area contributed by atoms with E-state index in [-0.39, 0.29) is 5.91 Å². The highest BCUT2D eigenvalue weighted by molar-refractivity contribution is 5.93. The van der Waals surface area contributed by atoms with Crippen LogP contribution in [-0.2, 0) is 4.79 Å². The van der Waals surface area contributed by atoms with Crippen LogP contribution in [-0.4, -0.2) is 25.6 Å². The van der Waals surface area contributed by atoms with E-state index < -0.39 is 0 Å². The van der Waals surface area contributed by atoms with Crippen molar-refractivity contribution in [2.24, 2.45) is 5.92 Å². The number of amides is 1. The first-order valence-corrected chi connectivity index (χ1v) is 7.28. The average molecular weight is 278 g/mol. The van der Waals surface area contributed by atoms with E-state index in [1.807, 2.05) is 24.3 Å². The highest BCUT2D eigenvalue weighted by Crippen LogP contribution is 2.22. The van der Waals surface area contributed by atoms with Crippen molar-refractivity contribution in [2.45, 2.75) is 39.7 Å². The second kappa shape index (κ2) is 8.59. The third-order valence-corrected chi connectivity index (χ3v) is 3.72. The summed E-state index contributed by atoms with van der Waals surface area (Å²) in [4.78, 5) is 12.0. The minimum absolute atomic E-state index is 0.0488. The Labute approximate surface area is 121 Å². The molecule has 0 heterocycles. The molecule has 4 nitrogen and oxygen atoms in total. The van der Waals surface area contributed by atoms with Gasteiger partial charge >= 0.3 is 0 Å². The zero-order chi connectivity index (χ0) is 15.0. The molecule has 0 spiro atoms. The summed E-state index contributed by atoms with van der Waals surface area (Å²) in [6.45, 7) is 6.81. The zero-order valence-corrected chi connectivity index (χ0v) is 12.9. The molecule has 0 aromatic heterocycles. The predicted octanol–water partition coefficient (Wildman–Crippen LogP) is 3.05. The number of methoxy groups -OCH3 is 1. The van der Waals surface area contributed by atoms with Gasteiger partial charge in [0.1, 0.15) is 5.75 Å². The molecule has 1 atom stereocenters. The number of rotatable bonds is 8. The van der Waals surface area contributed by atoms with Crippen molar-refractivity contribution in [3.05, 3.63) is 24.3 Å². The highest BCUT2D eigenvalue weighted by atomic mass is 16.5. The van der Waals surface area contributed by atoms with E-state index in [1.165, 1.54) is 0 Å². The van der Waals surface area contributed by atoms with E-state index in [2.05, 4.69) is 31.4 Å². The molecule has 0 bridgehead atoms. The van der Waals surface area contributed by atoms with Crippen LogP contribution in [0.4, 0.5) is 5.69 Å². The lowest BCUT2D eigenvalue weighted by atomic mass is 9.95. The number of carbonyl (C=O) groups excluding carboxylic acids is 1. The first-order chi connectivity index (χ1) is 9.62. The van der Waals surface area contributed by atoms with Gasteiger partial charge in [0.15, 0.2) is 0 Å². The van der Waals surface area contributed by atoms with Gasteiger partial charge in [0.05, 0.1) is 19.3 Å². The Bertz CT molecular complexity index is 417. The third kappa shape index (κ3) is 4.85. The molecule has 1 amide bonds. The predicted molar refractivity (Wildman–Crippen MR) is 83.2 cm³/mol. The van der Waals surface area contributed by atoms with Gasteiger partial charge in [-0.1, -0.05) is 38.8 Å². The van der Waals surface area contributed by atoms with Crippen LogP contribution < -0.4 is 15.4 Å². The Kier molecular flexibility index (Phi) is 7.09. The lowest BCUT2D eigenvalue weighted by molar-refractivity contribution is -0.115. The van der Waals surface area contributed by atoms with Crippen LogP contribution in [0.15, 0.2) is 24.3 Å². The number of para-hydroxylation sites is 2. The molecule has 0 fully saturated rings. The minimum Gasteiger partial charge on any atom is -0.495 e. The summed E-state index contributed by atoms with van der Waals surface area (Å²) >= 11 is 0. The molecule has 0 aliphatic heterocycles. The standard InChI is InChI=1S/C16H26N2O2/c1-5-13(6-2)12(3)17-11-16(19)18-14-9-7-8-10-15(14)20-4/h7-10,12-13,17H,5-6,11H2,1-4H3,(H,18,19). The first kappa shape index (κ1) is 16.5. The van der Waals surface area contributed by atoms with Gasteiger partial charge in [-0.3, -0.25) is 4.79 Å². The van der Waals surface area contributed by atoms with Crippen LogP contribution in [0.1, 0.15) is 33.6 Å². The Morgan fingerprint density at radius 2 is 1.90 bits per heavy atom. The third-order valence-electron chi connectivity index (χ3n) is 3.72. The van der Waals surface area contributed by atoms with E-state index in [0.717, 1.165) is 12.8 Å². The van der Waals surface area contributed by atoms with Gasteiger partial charge in [0.2, 0.25) is 5.91 Å². The number of anilines is 1. The van der Waals surface area contributed by atoms with E-state index in [1.54, 1.807) is 7.11 Å². The molecule has 4 heteroatoms. The van der Waals surface area contributed by atoms with E-state index >= 15 is 0 Å². The molecule has 112 valence electrons. The smallest absolute Gasteiger partial charge is 0.238 e. The zero-order valence-electron chi connectivity index (χ0n) is 12.9. The summed E-state index contributed by atoms with van der Waals surface area (Å²) in [6, 6.07) is 7.76. The summed E-state index contributed by atoms with van der Waals surface area (Å²) in [7, 11) is 1.60. The summed E-state index contributed by atoms with van der Waals surface area (Å²) in [6.07, 6.45) is 2.25. The maximum atomic E-state index is 12.0. The average Bonchev–Trinajstić information content (AvgIpc) is 2.47. The monoisotopic (exact) mass is 278 g/mol. The van der Waals surface area contributed by atoms with Crippen molar-refractivity contribution in [2.75, 3.05) is 19.0 Å². The van der Waals surface area contributed by atoms with Gasteiger partial charge in [0, 0.05) is 6.04 Å². The van der Waals surface area contributed by atoms with Crippen molar-refractivity contribution in [3.8, 4) is 5.75 Å². The largest absolute Gasteiger partial charge is 0.495 e. The Hall–Kier alpha value is -1.55. The molecule has 1 unspecified atom stereocenters. The molecular weight excluding hydrogens is 252 g/mol. The maximum Gasteiger partial charge on any atom is 0.238 e. The summed E-state index contributed by atoms with van der Waals surface area (Å²) in [5.74, 6) is 1.23. The molecule has 1 rings (SSSR count). The van der Waals surface area contributed by atoms with Crippen LogP contribution in [0.3, 0.4) is 0 Å². The minimum atomic E-state index is -0.0488. The van der Waals surface area contributed by atoms with Crippen LogP contribution >= 0.6 is 0 Å². The highest BCUT2D eigenvalue weighted by Gasteiger charge is 2.14. The molecule has 20 heavy (non-hydrogen) atoms. The number of carbonyl (C=O) groups is 1. The van der Waals surface area contributed by atoms with Crippen LogP contribution in [0.25, 0.3) is 0 Å². The lowest BCUT2D eigenvalue weighted by Crippen LogP contribution is -2.38. The topological polar surface area (TPSA) is 50.4 Å². The number of benzene rings is 1. The lowest BCUT2D eigenvalue weighted by Gasteiger charge is -2.22. The van der Waals surface area contributed by atoms with Gasteiger partial charge in [0.25, 0.3) is 0 Å². The second-order valence-electron chi connectivity index (χ2n) is 4.99. The Morgan fingerprint density at radius 3 is 2.50 bits per heavy atom. The van der Waals surface area contributed by atoms with Gasteiger partial charge < -0.3 is 15.4 Å². The fourth-order valence-electron chi connectivity index (χ4n) is 2.36. The normalized spacial score (nSPS) is 12.2. The quantitative estimate of drug-likeness (QED) is 0.768. The number of nitrogens with one attached hydrogen (secondary N) is 2. The van der Waals surface area contributed by atoms with Gasteiger partial charge in [-0.2, -0.15) is 0 Å². The molecule has 0 aliphatic rings. The SMILES string of the molecule is CCC(CC)C(C)NCC(=O)Nc1ccccc1OC. The number of hydrogen-bond acceptors (Lipinski definition) is 3. The summed E-state index contributed by atoms with van der Waals surface area (Å²) in [5.41, 5.74) is 0.706.